The van der Waals surface area contributed by atoms with Gasteiger partial charge in [-0.15, -0.1) is 11.3 Å². The first-order valence-corrected chi connectivity index (χ1v) is 7.06. The second-order valence-corrected chi connectivity index (χ2v) is 5.84. The van der Waals surface area contributed by atoms with E-state index in [0.29, 0.717) is 6.54 Å². The molecule has 18 heavy (non-hydrogen) atoms. The summed E-state index contributed by atoms with van der Waals surface area (Å²) in [6.07, 6.45) is 6.80. The smallest absolute Gasteiger partial charge is 0.244 e. The van der Waals surface area contributed by atoms with Crippen LogP contribution in [0.4, 0.5) is 0 Å². The Labute approximate surface area is 111 Å². The van der Waals surface area contributed by atoms with Gasteiger partial charge in [-0.05, 0) is 25.8 Å². The molecule has 1 heterocycles. The van der Waals surface area contributed by atoms with Gasteiger partial charge in [-0.1, -0.05) is 12.8 Å². The minimum Gasteiger partial charge on any atom is -0.388 e. The van der Waals surface area contributed by atoms with Crippen LogP contribution in [0, 0.1) is 6.92 Å². The summed E-state index contributed by atoms with van der Waals surface area (Å²) in [5, 5.41) is 15.7. The number of aryl methyl sites for hydroxylation is 1. The normalized spacial score (nSPS) is 18.3. The maximum absolute atomic E-state index is 11.6. The number of nitrogens with one attached hydrogen (secondary N) is 1. The first kappa shape index (κ1) is 13.2. The van der Waals surface area contributed by atoms with Gasteiger partial charge in [-0.25, -0.2) is 4.98 Å². The highest BCUT2D eigenvalue weighted by Gasteiger charge is 2.30. The van der Waals surface area contributed by atoms with Gasteiger partial charge in [-0.2, -0.15) is 0 Å². The number of carbonyl (C=O) groups is 1. The quantitative estimate of drug-likeness (QED) is 0.818. The fourth-order valence-electron chi connectivity index (χ4n) is 2.14. The molecule has 0 aromatic carbocycles. The Kier molecular flexibility index (Phi) is 4.14. The number of hydrogen-bond donors (Lipinski definition) is 2. The molecule has 2 N–H and O–H groups in total. The number of amides is 1. The molecule has 0 bridgehead atoms. The molecule has 1 aromatic rings. The Morgan fingerprint density at radius 2 is 2.33 bits per heavy atom. The van der Waals surface area contributed by atoms with Crippen molar-refractivity contribution in [2.45, 2.75) is 38.2 Å². The number of aliphatic hydroxyl groups is 1. The van der Waals surface area contributed by atoms with E-state index in [2.05, 4.69) is 10.3 Å². The van der Waals surface area contributed by atoms with Gasteiger partial charge in [0.05, 0.1) is 16.3 Å². The molecule has 1 aliphatic rings. The molecule has 4 nitrogen and oxygen atoms in total. The van der Waals surface area contributed by atoms with Crippen molar-refractivity contribution < 1.29 is 9.90 Å². The lowest BCUT2D eigenvalue weighted by Crippen LogP contribution is -2.40. The Morgan fingerprint density at radius 1 is 1.61 bits per heavy atom. The van der Waals surface area contributed by atoms with Crippen LogP contribution in [-0.4, -0.2) is 28.1 Å². The van der Waals surface area contributed by atoms with Gasteiger partial charge in [0.15, 0.2) is 0 Å². The average molecular weight is 266 g/mol. The van der Waals surface area contributed by atoms with Crippen LogP contribution in [0.25, 0.3) is 6.08 Å². The molecular formula is C13H18N2O2S. The summed E-state index contributed by atoms with van der Waals surface area (Å²) >= 11 is 1.56. The fourth-order valence-corrected chi connectivity index (χ4v) is 2.72. The molecule has 1 amide bonds. The highest BCUT2D eigenvalue weighted by atomic mass is 32.1. The van der Waals surface area contributed by atoms with E-state index >= 15 is 0 Å². The Morgan fingerprint density at radius 3 is 2.94 bits per heavy atom. The SMILES string of the molecule is Cc1nc(C=CC(=O)NCC2(O)CCCC2)cs1. The molecule has 0 saturated heterocycles. The zero-order valence-corrected chi connectivity index (χ0v) is 11.3. The van der Waals surface area contributed by atoms with Crippen LogP contribution in [0.5, 0.6) is 0 Å². The third-order valence-corrected chi connectivity index (χ3v) is 3.96. The molecule has 98 valence electrons. The number of carbonyl (C=O) groups excluding carboxylic acids is 1. The van der Waals surface area contributed by atoms with Crippen molar-refractivity contribution in [3.8, 4) is 0 Å². The number of thiazole rings is 1. The Bertz CT molecular complexity index is 448. The molecule has 5 heteroatoms. The molecule has 1 saturated carbocycles. The summed E-state index contributed by atoms with van der Waals surface area (Å²) in [4.78, 5) is 15.8. The zero-order chi connectivity index (χ0) is 13.0. The number of aromatic nitrogens is 1. The Balaban J connectivity index is 1.80. The predicted molar refractivity (Wildman–Crippen MR) is 72.3 cm³/mol. The highest BCUT2D eigenvalue weighted by Crippen LogP contribution is 2.28. The molecular weight excluding hydrogens is 248 g/mol. The zero-order valence-electron chi connectivity index (χ0n) is 10.5. The summed E-state index contributed by atoms with van der Waals surface area (Å²) in [7, 11) is 0. The van der Waals surface area contributed by atoms with E-state index in [1.54, 1.807) is 17.4 Å². The Hall–Kier alpha value is -1.20. The molecule has 0 radical (unpaired) electrons. The first-order chi connectivity index (χ1) is 8.57. The van der Waals surface area contributed by atoms with E-state index in [-0.39, 0.29) is 5.91 Å². The van der Waals surface area contributed by atoms with Crippen molar-refractivity contribution in [1.82, 2.24) is 10.3 Å². The van der Waals surface area contributed by atoms with Crippen molar-refractivity contribution in [2.75, 3.05) is 6.54 Å². The molecule has 1 aromatic heterocycles. The number of nitrogens with zero attached hydrogens (tertiary/aromatic N) is 1. The highest BCUT2D eigenvalue weighted by molar-refractivity contribution is 7.09. The third kappa shape index (κ3) is 3.65. The molecule has 0 unspecified atom stereocenters. The van der Waals surface area contributed by atoms with Crippen LogP contribution in [0.2, 0.25) is 0 Å². The van der Waals surface area contributed by atoms with Crippen molar-refractivity contribution >= 4 is 23.3 Å². The fraction of sp³-hybridized carbons (Fsp3) is 0.538. The van der Waals surface area contributed by atoms with Crippen LogP contribution < -0.4 is 5.32 Å². The van der Waals surface area contributed by atoms with Crippen LogP contribution in [-0.2, 0) is 4.79 Å². The van der Waals surface area contributed by atoms with Crippen LogP contribution in [0.1, 0.15) is 36.4 Å². The van der Waals surface area contributed by atoms with Crippen LogP contribution in [0.3, 0.4) is 0 Å². The van der Waals surface area contributed by atoms with Crippen molar-refractivity contribution in [1.29, 1.82) is 0 Å². The molecule has 1 aliphatic carbocycles. The molecule has 0 aliphatic heterocycles. The van der Waals surface area contributed by atoms with Crippen LogP contribution >= 0.6 is 11.3 Å². The summed E-state index contributed by atoms with van der Waals surface area (Å²) in [6.45, 7) is 2.27. The maximum atomic E-state index is 11.6. The largest absolute Gasteiger partial charge is 0.388 e. The van der Waals surface area contributed by atoms with E-state index < -0.39 is 5.60 Å². The second kappa shape index (κ2) is 5.63. The minimum absolute atomic E-state index is 0.180. The van der Waals surface area contributed by atoms with Crippen molar-refractivity contribution in [3.63, 3.8) is 0 Å². The van der Waals surface area contributed by atoms with Crippen LogP contribution in [0.15, 0.2) is 11.5 Å². The van der Waals surface area contributed by atoms with E-state index in [0.717, 1.165) is 36.4 Å². The summed E-state index contributed by atoms with van der Waals surface area (Å²) in [6, 6.07) is 0. The van der Waals surface area contributed by atoms with E-state index in [4.69, 9.17) is 0 Å². The van der Waals surface area contributed by atoms with Crippen molar-refractivity contribution in [3.05, 3.63) is 22.2 Å². The first-order valence-electron chi connectivity index (χ1n) is 6.18. The van der Waals surface area contributed by atoms with Gasteiger partial charge >= 0.3 is 0 Å². The van der Waals surface area contributed by atoms with E-state index in [9.17, 15) is 9.90 Å². The summed E-state index contributed by atoms with van der Waals surface area (Å²) < 4.78 is 0. The standard InChI is InChI=1S/C13H18N2O2S/c1-10-15-11(8-18-10)4-5-12(16)14-9-13(17)6-2-3-7-13/h4-5,8,17H,2-3,6-7,9H2,1H3,(H,14,16). The second-order valence-electron chi connectivity index (χ2n) is 4.77. The summed E-state index contributed by atoms with van der Waals surface area (Å²) in [5.74, 6) is -0.180. The van der Waals surface area contributed by atoms with Crippen molar-refractivity contribution in [2.24, 2.45) is 0 Å². The molecule has 0 atom stereocenters. The van der Waals surface area contributed by atoms with E-state index in [1.807, 2.05) is 12.3 Å². The molecule has 2 rings (SSSR count). The maximum Gasteiger partial charge on any atom is 0.244 e. The minimum atomic E-state index is -0.694. The van der Waals surface area contributed by atoms with Gasteiger partial charge < -0.3 is 10.4 Å². The lowest BCUT2D eigenvalue weighted by molar-refractivity contribution is -0.117. The van der Waals surface area contributed by atoms with Gasteiger partial charge in [0.25, 0.3) is 0 Å². The monoisotopic (exact) mass is 266 g/mol. The lowest BCUT2D eigenvalue weighted by Gasteiger charge is -2.21. The average Bonchev–Trinajstić information content (AvgIpc) is 2.94. The molecule has 0 spiro atoms. The van der Waals surface area contributed by atoms with Gasteiger partial charge in [0.2, 0.25) is 5.91 Å². The predicted octanol–water partition coefficient (Wildman–Crippen LogP) is 1.89. The van der Waals surface area contributed by atoms with Gasteiger partial charge in [0.1, 0.15) is 0 Å². The van der Waals surface area contributed by atoms with Gasteiger partial charge in [-0.3, -0.25) is 4.79 Å². The van der Waals surface area contributed by atoms with E-state index in [1.165, 1.54) is 6.08 Å². The third-order valence-electron chi connectivity index (χ3n) is 3.17. The molecule has 1 fully saturated rings. The number of rotatable bonds is 4. The number of hydrogen-bond acceptors (Lipinski definition) is 4. The topological polar surface area (TPSA) is 62.2 Å². The summed E-state index contributed by atoms with van der Waals surface area (Å²) in [5.41, 5.74) is 0.105. The lowest BCUT2D eigenvalue weighted by atomic mass is 10.0. The van der Waals surface area contributed by atoms with Gasteiger partial charge in [0, 0.05) is 18.0 Å².